The van der Waals surface area contributed by atoms with Crippen LogP contribution in [0.25, 0.3) is 22.6 Å². The largest absolute Gasteiger partial charge is 0.475 e. The summed E-state index contributed by atoms with van der Waals surface area (Å²) in [6.45, 7) is 2.06. The average Bonchev–Trinajstić information content (AvgIpc) is 3.17. The zero-order valence-corrected chi connectivity index (χ0v) is 11.1. The standard InChI is InChI=1S/C16H14N2O2/c1-16(9-5-11-20-16)18-13-7-3-2-6-12(13)17-15(18)14-8-4-10-19-14/h2-8,10-11H,9H2,1H3. The maximum atomic E-state index is 5.83. The molecular weight excluding hydrogens is 252 g/mol. The number of fused-ring (bicyclic) bond motifs is 1. The lowest BCUT2D eigenvalue weighted by Gasteiger charge is -2.27. The first-order valence-electron chi connectivity index (χ1n) is 6.63. The van der Waals surface area contributed by atoms with E-state index in [4.69, 9.17) is 14.1 Å². The van der Waals surface area contributed by atoms with Crippen molar-refractivity contribution in [3.8, 4) is 11.6 Å². The molecule has 0 bridgehead atoms. The summed E-state index contributed by atoms with van der Waals surface area (Å²) in [6.07, 6.45) is 6.25. The third-order valence-electron chi connectivity index (χ3n) is 3.69. The number of nitrogens with zero attached hydrogens (tertiary/aromatic N) is 2. The topological polar surface area (TPSA) is 40.2 Å². The van der Waals surface area contributed by atoms with Crippen LogP contribution >= 0.6 is 0 Å². The Hall–Kier alpha value is -2.49. The molecule has 1 atom stereocenters. The Morgan fingerprint density at radius 1 is 1.20 bits per heavy atom. The van der Waals surface area contributed by atoms with Crippen LogP contribution in [0.3, 0.4) is 0 Å². The van der Waals surface area contributed by atoms with Crippen LogP contribution < -0.4 is 0 Å². The second-order valence-corrected chi connectivity index (χ2v) is 5.11. The highest BCUT2D eigenvalue weighted by Gasteiger charge is 2.34. The van der Waals surface area contributed by atoms with Gasteiger partial charge in [0.25, 0.3) is 0 Å². The molecule has 0 spiro atoms. The molecule has 0 saturated heterocycles. The Kier molecular flexibility index (Phi) is 2.27. The summed E-state index contributed by atoms with van der Waals surface area (Å²) in [5.74, 6) is 1.54. The van der Waals surface area contributed by atoms with Crippen LogP contribution in [0.1, 0.15) is 13.3 Å². The average molecular weight is 266 g/mol. The molecule has 0 radical (unpaired) electrons. The van der Waals surface area contributed by atoms with Gasteiger partial charge in [0.2, 0.25) is 0 Å². The van der Waals surface area contributed by atoms with E-state index in [0.717, 1.165) is 29.0 Å². The van der Waals surface area contributed by atoms with E-state index in [0.29, 0.717) is 0 Å². The first kappa shape index (κ1) is 11.3. The van der Waals surface area contributed by atoms with Gasteiger partial charge in [-0.1, -0.05) is 12.1 Å². The number of hydrogen-bond acceptors (Lipinski definition) is 3. The highest BCUT2D eigenvalue weighted by Crippen LogP contribution is 2.36. The second-order valence-electron chi connectivity index (χ2n) is 5.11. The van der Waals surface area contributed by atoms with E-state index in [2.05, 4.69) is 17.6 Å². The summed E-state index contributed by atoms with van der Waals surface area (Å²) in [5, 5.41) is 0. The Bertz CT molecular complexity index is 776. The molecule has 20 heavy (non-hydrogen) atoms. The van der Waals surface area contributed by atoms with Crippen LogP contribution in [-0.4, -0.2) is 9.55 Å². The predicted molar refractivity (Wildman–Crippen MR) is 75.9 cm³/mol. The molecule has 3 aromatic rings. The Labute approximate surface area is 116 Å². The van der Waals surface area contributed by atoms with E-state index < -0.39 is 5.72 Å². The number of ether oxygens (including phenoxy) is 1. The number of aromatic nitrogens is 2. The molecule has 4 rings (SSSR count). The highest BCUT2D eigenvalue weighted by molar-refractivity contribution is 5.80. The van der Waals surface area contributed by atoms with Crippen LogP contribution in [0.4, 0.5) is 0 Å². The minimum absolute atomic E-state index is 0.460. The van der Waals surface area contributed by atoms with Gasteiger partial charge < -0.3 is 9.15 Å². The normalized spacial score (nSPS) is 21.4. The lowest BCUT2D eigenvalue weighted by atomic mass is 10.1. The van der Waals surface area contributed by atoms with Gasteiger partial charge in [-0.3, -0.25) is 4.57 Å². The Morgan fingerprint density at radius 3 is 2.85 bits per heavy atom. The van der Waals surface area contributed by atoms with E-state index in [1.165, 1.54) is 0 Å². The van der Waals surface area contributed by atoms with Gasteiger partial charge in [-0.2, -0.15) is 0 Å². The second kappa shape index (κ2) is 4.00. The molecule has 0 saturated carbocycles. The summed E-state index contributed by atoms with van der Waals surface area (Å²) >= 11 is 0. The SMILES string of the molecule is CC1(n2c(-c3ccco3)nc3ccccc32)CC=CO1. The van der Waals surface area contributed by atoms with Crippen molar-refractivity contribution in [2.75, 3.05) is 0 Å². The van der Waals surface area contributed by atoms with Gasteiger partial charge in [0.1, 0.15) is 0 Å². The van der Waals surface area contributed by atoms with E-state index >= 15 is 0 Å². The minimum Gasteiger partial charge on any atom is -0.475 e. The van der Waals surface area contributed by atoms with Crippen molar-refractivity contribution in [1.82, 2.24) is 9.55 Å². The Morgan fingerprint density at radius 2 is 2.10 bits per heavy atom. The summed E-state index contributed by atoms with van der Waals surface area (Å²) in [5.41, 5.74) is 1.53. The number of imidazole rings is 1. The summed E-state index contributed by atoms with van der Waals surface area (Å²) in [4.78, 5) is 4.71. The minimum atomic E-state index is -0.460. The van der Waals surface area contributed by atoms with Crippen molar-refractivity contribution in [2.45, 2.75) is 19.1 Å². The van der Waals surface area contributed by atoms with Gasteiger partial charge in [-0.05, 0) is 37.3 Å². The zero-order valence-electron chi connectivity index (χ0n) is 11.1. The molecular formula is C16H14N2O2. The fraction of sp³-hybridized carbons (Fsp3) is 0.188. The fourth-order valence-electron chi connectivity index (χ4n) is 2.73. The van der Waals surface area contributed by atoms with Crippen molar-refractivity contribution in [2.24, 2.45) is 0 Å². The third kappa shape index (κ3) is 1.51. The molecule has 4 nitrogen and oxygen atoms in total. The molecule has 1 aliphatic rings. The summed E-state index contributed by atoms with van der Waals surface area (Å²) in [6, 6.07) is 11.9. The quantitative estimate of drug-likeness (QED) is 0.706. The van der Waals surface area contributed by atoms with Gasteiger partial charge in [0.15, 0.2) is 17.3 Å². The molecule has 0 amide bonds. The maximum absolute atomic E-state index is 5.83. The van der Waals surface area contributed by atoms with Crippen molar-refractivity contribution >= 4 is 11.0 Å². The molecule has 1 aromatic carbocycles. The lowest BCUT2D eigenvalue weighted by Crippen LogP contribution is -2.29. The van der Waals surface area contributed by atoms with E-state index in [9.17, 15) is 0 Å². The van der Waals surface area contributed by atoms with Crippen LogP contribution in [0.15, 0.2) is 59.4 Å². The zero-order chi connectivity index (χ0) is 13.6. The number of furan rings is 1. The molecule has 0 N–H and O–H groups in total. The monoisotopic (exact) mass is 266 g/mol. The third-order valence-corrected chi connectivity index (χ3v) is 3.69. The van der Waals surface area contributed by atoms with Crippen molar-refractivity contribution in [1.29, 1.82) is 0 Å². The molecule has 3 heterocycles. The molecule has 1 unspecified atom stereocenters. The summed E-state index contributed by atoms with van der Waals surface area (Å²) in [7, 11) is 0. The summed E-state index contributed by atoms with van der Waals surface area (Å²) < 4.78 is 13.5. The van der Waals surface area contributed by atoms with Gasteiger partial charge in [-0.25, -0.2) is 4.98 Å². The molecule has 4 heteroatoms. The van der Waals surface area contributed by atoms with Gasteiger partial charge in [-0.15, -0.1) is 0 Å². The van der Waals surface area contributed by atoms with E-state index in [1.807, 2.05) is 36.4 Å². The molecule has 100 valence electrons. The van der Waals surface area contributed by atoms with Crippen LogP contribution in [0.5, 0.6) is 0 Å². The van der Waals surface area contributed by atoms with Crippen LogP contribution in [0, 0.1) is 0 Å². The molecule has 1 aliphatic heterocycles. The molecule has 0 aliphatic carbocycles. The lowest BCUT2D eigenvalue weighted by molar-refractivity contribution is -0.00638. The van der Waals surface area contributed by atoms with Crippen LogP contribution in [-0.2, 0) is 10.5 Å². The maximum Gasteiger partial charge on any atom is 0.188 e. The smallest absolute Gasteiger partial charge is 0.188 e. The van der Waals surface area contributed by atoms with Gasteiger partial charge >= 0.3 is 0 Å². The first-order valence-corrected chi connectivity index (χ1v) is 6.63. The number of hydrogen-bond donors (Lipinski definition) is 0. The number of rotatable bonds is 2. The van der Waals surface area contributed by atoms with Gasteiger partial charge in [0, 0.05) is 6.42 Å². The highest BCUT2D eigenvalue weighted by atomic mass is 16.5. The number of para-hydroxylation sites is 2. The first-order chi connectivity index (χ1) is 9.78. The van der Waals surface area contributed by atoms with E-state index in [1.54, 1.807) is 12.5 Å². The van der Waals surface area contributed by atoms with Crippen molar-refractivity contribution in [3.05, 3.63) is 55.0 Å². The van der Waals surface area contributed by atoms with Crippen molar-refractivity contribution in [3.63, 3.8) is 0 Å². The van der Waals surface area contributed by atoms with E-state index in [-0.39, 0.29) is 0 Å². The predicted octanol–water partition coefficient (Wildman–Crippen LogP) is 3.90. The molecule has 0 fully saturated rings. The Balaban J connectivity index is 2.03. The van der Waals surface area contributed by atoms with Gasteiger partial charge in [0.05, 0.1) is 23.6 Å². The fourth-order valence-corrected chi connectivity index (χ4v) is 2.73. The number of benzene rings is 1. The van der Waals surface area contributed by atoms with Crippen LogP contribution in [0.2, 0.25) is 0 Å². The molecule has 2 aromatic heterocycles. The van der Waals surface area contributed by atoms with Crippen molar-refractivity contribution < 1.29 is 9.15 Å².